The van der Waals surface area contributed by atoms with E-state index in [0.29, 0.717) is 0 Å². The molecule has 11 heavy (non-hydrogen) atoms. The topological polar surface area (TPSA) is 47.4 Å². The molecule has 0 saturated heterocycles. The standard InChI is InChI=1S/C4H9NO.C3H8N2/c1-4(6)5(2)3;1-5(2)3-4/h1-3H3;3-4H,1-2H3. The van der Waals surface area contributed by atoms with E-state index in [1.54, 1.807) is 19.0 Å². The van der Waals surface area contributed by atoms with Crippen LogP contribution in [0.15, 0.2) is 0 Å². The van der Waals surface area contributed by atoms with Crippen LogP contribution in [0.5, 0.6) is 0 Å². The lowest BCUT2D eigenvalue weighted by atomic mass is 10.7. The Bertz CT molecular complexity index is 121. The largest absolute Gasteiger partial charge is 0.369 e. The maximum Gasteiger partial charge on any atom is 0.218 e. The number of nitrogens with zero attached hydrogens (tertiary/aromatic N) is 2. The molecular weight excluding hydrogens is 142 g/mol. The summed E-state index contributed by atoms with van der Waals surface area (Å²) >= 11 is 0. The number of carbonyl (C=O) groups is 1. The van der Waals surface area contributed by atoms with Gasteiger partial charge in [-0.3, -0.25) is 10.2 Å². The van der Waals surface area contributed by atoms with Crippen LogP contribution in [-0.4, -0.2) is 50.2 Å². The fraction of sp³-hybridized carbons (Fsp3) is 0.714. The molecule has 0 bridgehead atoms. The Balaban J connectivity index is 0. The molecule has 4 heteroatoms. The Morgan fingerprint density at radius 1 is 1.27 bits per heavy atom. The molecule has 0 aliphatic rings. The molecule has 0 atom stereocenters. The van der Waals surface area contributed by atoms with E-state index in [9.17, 15) is 4.79 Å². The number of rotatable bonds is 1. The third kappa shape index (κ3) is 17.6. The molecule has 0 aromatic heterocycles. The van der Waals surface area contributed by atoms with Crippen molar-refractivity contribution in [1.82, 2.24) is 9.80 Å². The molecule has 0 unspecified atom stereocenters. The van der Waals surface area contributed by atoms with E-state index in [2.05, 4.69) is 0 Å². The summed E-state index contributed by atoms with van der Waals surface area (Å²) in [6, 6.07) is 0. The molecule has 66 valence electrons. The van der Waals surface area contributed by atoms with Crippen molar-refractivity contribution in [3.63, 3.8) is 0 Å². The van der Waals surface area contributed by atoms with Gasteiger partial charge in [0.2, 0.25) is 5.91 Å². The highest BCUT2D eigenvalue weighted by Crippen LogP contribution is 1.69. The Kier molecular flexibility index (Phi) is 8.08. The van der Waals surface area contributed by atoms with Crippen LogP contribution in [0, 0.1) is 5.41 Å². The van der Waals surface area contributed by atoms with Crippen LogP contribution in [0.2, 0.25) is 0 Å². The maximum atomic E-state index is 10.1. The zero-order valence-corrected chi connectivity index (χ0v) is 7.88. The third-order valence-electron chi connectivity index (χ3n) is 0.888. The molecule has 0 rings (SSSR count). The van der Waals surface area contributed by atoms with Gasteiger partial charge in [-0.15, -0.1) is 0 Å². The first-order valence-electron chi connectivity index (χ1n) is 3.26. The minimum atomic E-state index is 0.0926. The van der Waals surface area contributed by atoms with Crippen molar-refractivity contribution in [3.05, 3.63) is 0 Å². The summed E-state index contributed by atoms with van der Waals surface area (Å²) < 4.78 is 0. The zero-order chi connectivity index (χ0) is 9.44. The van der Waals surface area contributed by atoms with Crippen LogP contribution in [0.4, 0.5) is 0 Å². The molecule has 0 heterocycles. The van der Waals surface area contributed by atoms with Crippen molar-refractivity contribution in [1.29, 1.82) is 5.41 Å². The Morgan fingerprint density at radius 2 is 1.45 bits per heavy atom. The lowest BCUT2D eigenvalue weighted by molar-refractivity contribution is -0.126. The second kappa shape index (κ2) is 7.05. The molecule has 1 N–H and O–H groups in total. The SMILES string of the molecule is CC(=O)N(C)C.CN(C)C=N. The minimum absolute atomic E-state index is 0.0926. The van der Waals surface area contributed by atoms with E-state index in [0.717, 1.165) is 0 Å². The van der Waals surface area contributed by atoms with Gasteiger partial charge in [0.1, 0.15) is 0 Å². The second-order valence-corrected chi connectivity index (χ2v) is 2.51. The van der Waals surface area contributed by atoms with Crippen LogP contribution >= 0.6 is 0 Å². The number of nitrogens with one attached hydrogen (secondary N) is 1. The number of hydrogen-bond donors (Lipinski definition) is 1. The number of amides is 1. The first-order chi connectivity index (χ1) is 4.91. The van der Waals surface area contributed by atoms with Gasteiger partial charge in [-0.1, -0.05) is 0 Å². The van der Waals surface area contributed by atoms with Crippen LogP contribution in [-0.2, 0) is 4.79 Å². The fourth-order valence-electron chi connectivity index (χ4n) is 0. The molecule has 0 aromatic rings. The lowest BCUT2D eigenvalue weighted by Gasteiger charge is -2.02. The van der Waals surface area contributed by atoms with E-state index in [4.69, 9.17) is 5.41 Å². The maximum absolute atomic E-state index is 10.1. The van der Waals surface area contributed by atoms with E-state index in [-0.39, 0.29) is 5.91 Å². The van der Waals surface area contributed by atoms with Crippen molar-refractivity contribution in [2.45, 2.75) is 6.92 Å². The van der Waals surface area contributed by atoms with E-state index in [1.165, 1.54) is 18.2 Å². The normalized spacial score (nSPS) is 7.36. The minimum Gasteiger partial charge on any atom is -0.369 e. The summed E-state index contributed by atoms with van der Waals surface area (Å²) in [6.45, 7) is 1.53. The van der Waals surface area contributed by atoms with Crippen molar-refractivity contribution < 1.29 is 4.79 Å². The van der Waals surface area contributed by atoms with Crippen LogP contribution in [0.25, 0.3) is 0 Å². The van der Waals surface area contributed by atoms with Gasteiger partial charge in [-0.2, -0.15) is 0 Å². The zero-order valence-electron chi connectivity index (χ0n) is 7.88. The summed E-state index contributed by atoms with van der Waals surface area (Å²) in [4.78, 5) is 13.3. The van der Waals surface area contributed by atoms with Gasteiger partial charge < -0.3 is 9.80 Å². The average molecular weight is 159 g/mol. The van der Waals surface area contributed by atoms with E-state index in [1.807, 2.05) is 14.1 Å². The molecule has 0 radical (unpaired) electrons. The van der Waals surface area contributed by atoms with Crippen LogP contribution in [0.1, 0.15) is 6.92 Å². The summed E-state index contributed by atoms with van der Waals surface area (Å²) in [5, 5.41) is 6.46. The average Bonchev–Trinajstić information content (AvgIpc) is 1.89. The highest BCUT2D eigenvalue weighted by molar-refractivity contribution is 5.72. The Labute approximate surface area is 68.3 Å². The van der Waals surface area contributed by atoms with Crippen LogP contribution in [0.3, 0.4) is 0 Å². The van der Waals surface area contributed by atoms with Gasteiger partial charge >= 0.3 is 0 Å². The van der Waals surface area contributed by atoms with Crippen molar-refractivity contribution in [2.75, 3.05) is 28.2 Å². The quantitative estimate of drug-likeness (QED) is 0.440. The smallest absolute Gasteiger partial charge is 0.218 e. The highest BCUT2D eigenvalue weighted by Gasteiger charge is 1.87. The van der Waals surface area contributed by atoms with Crippen molar-refractivity contribution in [2.24, 2.45) is 0 Å². The van der Waals surface area contributed by atoms with Gasteiger partial charge in [0.05, 0.1) is 6.34 Å². The van der Waals surface area contributed by atoms with Crippen molar-refractivity contribution in [3.8, 4) is 0 Å². The van der Waals surface area contributed by atoms with E-state index < -0.39 is 0 Å². The fourth-order valence-corrected chi connectivity index (χ4v) is 0. The lowest BCUT2D eigenvalue weighted by Crippen LogP contribution is -2.17. The molecule has 0 spiro atoms. The third-order valence-corrected chi connectivity index (χ3v) is 0.888. The first kappa shape index (κ1) is 12.6. The molecule has 4 nitrogen and oxygen atoms in total. The second-order valence-electron chi connectivity index (χ2n) is 2.51. The van der Waals surface area contributed by atoms with Crippen LogP contribution < -0.4 is 0 Å². The highest BCUT2D eigenvalue weighted by atomic mass is 16.2. The molecular formula is C7H17N3O. The van der Waals surface area contributed by atoms with E-state index >= 15 is 0 Å². The molecule has 1 amide bonds. The van der Waals surface area contributed by atoms with Gasteiger partial charge in [-0.05, 0) is 0 Å². The number of carbonyl (C=O) groups excluding carboxylic acids is 1. The monoisotopic (exact) mass is 159 g/mol. The van der Waals surface area contributed by atoms with Crippen molar-refractivity contribution >= 4 is 12.2 Å². The van der Waals surface area contributed by atoms with Gasteiger partial charge in [0.15, 0.2) is 0 Å². The van der Waals surface area contributed by atoms with Gasteiger partial charge in [-0.25, -0.2) is 0 Å². The first-order valence-corrected chi connectivity index (χ1v) is 3.26. The molecule has 0 aliphatic carbocycles. The predicted octanol–water partition coefficient (Wildman–Crippen LogP) is 0.250. The molecule has 0 aliphatic heterocycles. The van der Waals surface area contributed by atoms with Gasteiger partial charge in [0, 0.05) is 35.1 Å². The molecule has 0 aromatic carbocycles. The molecule has 0 saturated carbocycles. The summed E-state index contributed by atoms with van der Waals surface area (Å²) in [6.07, 6.45) is 1.25. The summed E-state index contributed by atoms with van der Waals surface area (Å²) in [5.41, 5.74) is 0. The number of hydrogen-bond acceptors (Lipinski definition) is 2. The van der Waals surface area contributed by atoms with Gasteiger partial charge in [0.25, 0.3) is 0 Å². The Morgan fingerprint density at radius 3 is 1.45 bits per heavy atom. The molecule has 0 fully saturated rings. The summed E-state index contributed by atoms with van der Waals surface area (Å²) in [7, 11) is 7.07. The summed E-state index contributed by atoms with van der Waals surface area (Å²) in [5.74, 6) is 0.0926. The Hall–Kier alpha value is -1.06. The predicted molar refractivity (Wildman–Crippen MR) is 46.8 cm³/mol.